The summed E-state index contributed by atoms with van der Waals surface area (Å²) >= 11 is 0. The molecule has 34 heteroatoms. The van der Waals surface area contributed by atoms with Gasteiger partial charge >= 0.3 is 0 Å². The SMILES string of the molecule is CCc1cn2cc(-c3cc(=O)n4cc(N5CCNCC5)ccc4n3)ccc2n1.COc1ccc(-c2cc(=O)n3cc(N4CCC(N)CC4)ccc3n2)cc1OC.COc1ccc(-c2cc(=O)n3cc(N4C[C@H]5CNC[C@H]5C4)ccc3n2)cc1OC.Cc1nc2ccc(-c3cc(=O)n4cc(N5CCNCC5)ccc4n3)cn2c1C.O=c1cc(-c2ccc3[nH]ccc3c2)nc2ccc(N3CCNCC3)cn12. The zero-order valence-electron chi connectivity index (χ0n) is 78.8. The monoisotopic (exact) mass is 1870 g/mol. The van der Waals surface area contributed by atoms with Gasteiger partial charge in [0.1, 0.15) is 39.5 Å². The summed E-state index contributed by atoms with van der Waals surface area (Å²) < 4.78 is 33.4. The largest absolute Gasteiger partial charge is 0.493 e. The molecule has 139 heavy (non-hydrogen) atoms. The van der Waals surface area contributed by atoms with E-state index in [0.717, 1.165) is 233 Å². The van der Waals surface area contributed by atoms with Crippen LogP contribution in [0.25, 0.3) is 107 Å². The third-order valence-corrected chi connectivity index (χ3v) is 27.1. The van der Waals surface area contributed by atoms with E-state index in [1.165, 1.54) is 0 Å². The summed E-state index contributed by atoms with van der Waals surface area (Å²) in [6.45, 7) is 23.6. The smallest absolute Gasteiger partial charge is 0.258 e. The number of anilines is 5. The van der Waals surface area contributed by atoms with Crippen LogP contribution >= 0.6 is 0 Å². The highest BCUT2D eigenvalue weighted by Crippen LogP contribution is 2.36. The minimum Gasteiger partial charge on any atom is -0.493 e. The van der Waals surface area contributed by atoms with Gasteiger partial charge in [-0.15, -0.1) is 0 Å². The number of rotatable bonds is 15. The topological polar surface area (TPSA) is 350 Å². The number of nitrogens with one attached hydrogen (secondary N) is 5. The molecule has 15 aromatic heterocycles. The quantitative estimate of drug-likeness (QED) is 0.0555. The zero-order valence-corrected chi connectivity index (χ0v) is 78.8. The predicted molar refractivity (Wildman–Crippen MR) is 546 cm³/mol. The maximum Gasteiger partial charge on any atom is 0.258 e. The van der Waals surface area contributed by atoms with E-state index in [2.05, 4.69) is 84.8 Å². The molecule has 21 heterocycles. The van der Waals surface area contributed by atoms with Gasteiger partial charge in [-0.2, -0.15) is 0 Å². The van der Waals surface area contributed by atoms with Gasteiger partial charge < -0.3 is 84.2 Å². The van der Waals surface area contributed by atoms with Crippen LogP contribution in [0.15, 0.2) is 256 Å². The van der Waals surface area contributed by atoms with Crippen LogP contribution in [0.2, 0.25) is 0 Å². The molecule has 6 aliphatic rings. The number of aryl methyl sites for hydroxylation is 3. The second-order valence-electron chi connectivity index (χ2n) is 35.7. The fourth-order valence-electron chi connectivity index (χ4n) is 19.1. The molecule has 3 aromatic carbocycles. The number of methoxy groups -OCH3 is 4. The second-order valence-corrected chi connectivity index (χ2v) is 35.7. The van der Waals surface area contributed by atoms with Gasteiger partial charge in [-0.3, -0.25) is 46.0 Å². The first-order valence-electron chi connectivity index (χ1n) is 47.3. The summed E-state index contributed by atoms with van der Waals surface area (Å²) in [5, 5.41) is 14.6. The first-order chi connectivity index (χ1) is 67.8. The van der Waals surface area contributed by atoms with Crippen molar-refractivity contribution >= 4 is 78.9 Å². The van der Waals surface area contributed by atoms with Gasteiger partial charge in [-0.05, 0) is 184 Å². The molecule has 7 N–H and O–H groups in total. The van der Waals surface area contributed by atoms with Crippen LogP contribution in [0.3, 0.4) is 0 Å². The average molecular weight is 1870 g/mol. The molecule has 34 nitrogen and oxygen atoms in total. The van der Waals surface area contributed by atoms with Crippen LogP contribution in [-0.2, 0) is 6.42 Å². The van der Waals surface area contributed by atoms with Crippen molar-refractivity contribution in [3.63, 3.8) is 0 Å². The molecule has 6 aliphatic heterocycles. The third-order valence-electron chi connectivity index (χ3n) is 27.1. The first kappa shape index (κ1) is 91.2. The molecule has 0 amide bonds. The zero-order chi connectivity index (χ0) is 95.5. The van der Waals surface area contributed by atoms with Crippen LogP contribution < -0.4 is 98.2 Å². The Bertz CT molecular complexity index is 7940. The number of imidazole rings is 2. The van der Waals surface area contributed by atoms with Gasteiger partial charge in [0.05, 0.1) is 96.7 Å². The maximum absolute atomic E-state index is 12.9. The molecule has 0 aliphatic carbocycles. The highest BCUT2D eigenvalue weighted by molar-refractivity contribution is 5.85. The Morgan fingerprint density at radius 3 is 1.10 bits per heavy atom. The lowest BCUT2D eigenvalue weighted by Gasteiger charge is -2.32. The highest BCUT2D eigenvalue weighted by Gasteiger charge is 2.36. The van der Waals surface area contributed by atoms with Crippen molar-refractivity contribution < 1.29 is 18.9 Å². The van der Waals surface area contributed by atoms with Gasteiger partial charge in [-0.25, -0.2) is 34.9 Å². The van der Waals surface area contributed by atoms with Crippen molar-refractivity contribution in [2.75, 3.05) is 171 Å². The van der Waals surface area contributed by atoms with Gasteiger partial charge in [0.15, 0.2) is 23.0 Å². The average Bonchev–Trinajstić information content (AvgIpc) is 1.06. The standard InChI is InChI=1S/C22H24N4O3.2C21H22N6O.C21H24N4O3.C20H19N5O/c1-28-19-5-3-14(7-20(19)29-2)18-8-22(27)26-13-17(4-6-21(26)24-18)25-11-15-9-23-10-16(15)12-25;1-14-15(2)26-12-16(3-5-19(26)23-14)18-11-21(28)27-13-17(4-6-20(27)24-18)25-9-7-22-8-10-25;1-2-16-13-26-12-15(3-5-19(26)23-16)18-11-21(28)27-14-17(4-6-20(27)24-18)25-9-7-22-8-10-25;1-27-18-5-3-14(11-19(18)28-2)17-12-21(26)25-13-16(4-6-20(25)23-17)24-9-7-15(22)8-10-24;26-20-12-18(14-1-3-17-15(11-14)5-6-22-17)23-19-4-2-16(13-25(19)20)24-9-7-21-8-10-24/h3-8,13,15-16,23H,9-12H2,1-2H3;3-6,11-13,22H,7-10H2,1-2H3;3-6,11-14,22H,2,7-10H2,1H3;3-6,11-13,15H,7-10,22H2,1-2H3;1-6,11-13,21-22H,7-10H2/t15-,16+;;;;. The number of hydrogen-bond acceptors (Lipinski definition) is 26. The summed E-state index contributed by atoms with van der Waals surface area (Å²) in [7, 11) is 6.36. The van der Waals surface area contributed by atoms with Crippen molar-refractivity contribution in [3.05, 3.63) is 301 Å². The van der Waals surface area contributed by atoms with Crippen molar-refractivity contribution in [1.29, 1.82) is 0 Å². The first-order valence-corrected chi connectivity index (χ1v) is 47.3. The normalized spacial score (nSPS) is 16.2. The minimum atomic E-state index is -0.120. The minimum absolute atomic E-state index is 0.0591. The Hall–Kier alpha value is -15.6. The molecule has 24 rings (SSSR count). The van der Waals surface area contributed by atoms with Crippen LogP contribution in [0, 0.1) is 25.7 Å². The molecule has 18 aromatic rings. The summed E-state index contributed by atoms with van der Waals surface area (Å²) in [6, 6.07) is 55.0. The van der Waals surface area contributed by atoms with Gasteiger partial charge in [0.25, 0.3) is 27.8 Å². The Labute approximate surface area is 799 Å². The summed E-state index contributed by atoms with van der Waals surface area (Å²) in [5.74, 6) is 3.89. The number of aromatic amines is 1. The number of ether oxygens (including phenoxy) is 4. The lowest BCUT2D eigenvalue weighted by atomic mass is 10.0. The van der Waals surface area contributed by atoms with Gasteiger partial charge in [-0.1, -0.05) is 13.0 Å². The molecule has 0 radical (unpaired) electrons. The predicted octanol–water partition coefficient (Wildman–Crippen LogP) is 10.6. The van der Waals surface area contributed by atoms with Crippen LogP contribution in [0.4, 0.5) is 28.4 Å². The number of piperidine rings is 1. The van der Waals surface area contributed by atoms with Crippen LogP contribution in [0.1, 0.15) is 36.8 Å². The highest BCUT2D eigenvalue weighted by atomic mass is 16.5. The number of fused-ring (bicyclic) bond motifs is 9. The molecule has 6 saturated heterocycles. The van der Waals surface area contributed by atoms with E-state index in [0.29, 0.717) is 91.5 Å². The molecule has 0 unspecified atom stereocenters. The van der Waals surface area contributed by atoms with Crippen LogP contribution in [0.5, 0.6) is 23.0 Å². The number of pyridine rings is 7. The van der Waals surface area contributed by atoms with Gasteiger partial charge in [0.2, 0.25) is 0 Å². The summed E-state index contributed by atoms with van der Waals surface area (Å²) in [6.07, 6.45) is 20.2. The fourth-order valence-corrected chi connectivity index (χ4v) is 19.1. The lowest BCUT2D eigenvalue weighted by molar-refractivity contribution is 0.355. The number of piperazine rings is 3. The Morgan fingerprint density at radius 1 is 0.338 bits per heavy atom. The molecule has 0 bridgehead atoms. The Balaban J connectivity index is 0.000000107. The third kappa shape index (κ3) is 19.4. The molecule has 710 valence electrons. The van der Waals surface area contributed by atoms with E-state index in [1.807, 2.05) is 212 Å². The lowest BCUT2D eigenvalue weighted by Crippen LogP contribution is -2.43. The Morgan fingerprint density at radius 2 is 0.691 bits per heavy atom. The number of nitrogens with zero attached hydrogens (tertiary/aromatic N) is 19. The summed E-state index contributed by atoms with van der Waals surface area (Å²) in [4.78, 5) is 111. The fraction of sp³-hybridized carbons (Fsp3) is 0.295. The van der Waals surface area contributed by atoms with E-state index in [9.17, 15) is 24.0 Å². The second kappa shape index (κ2) is 40.0. The van der Waals surface area contributed by atoms with Crippen LogP contribution in [-0.4, -0.2) is 223 Å². The number of benzene rings is 3. The maximum atomic E-state index is 12.9. The van der Waals surface area contributed by atoms with E-state index >= 15 is 0 Å². The Kier molecular flexibility index (Phi) is 26.2. The molecule has 2 atom stereocenters. The molecule has 0 saturated carbocycles. The van der Waals surface area contributed by atoms with Crippen molar-refractivity contribution in [2.45, 2.75) is 46.1 Å². The molecular formula is C105H111N25O9. The van der Waals surface area contributed by atoms with Crippen molar-refractivity contribution in [3.8, 4) is 79.3 Å². The molecule has 6 fully saturated rings. The van der Waals surface area contributed by atoms with E-state index in [4.69, 9.17) is 44.6 Å². The van der Waals surface area contributed by atoms with Crippen molar-refractivity contribution in [2.24, 2.45) is 17.6 Å². The number of aromatic nitrogens is 15. The van der Waals surface area contributed by atoms with E-state index in [1.54, 1.807) is 80.8 Å². The number of hydrogen-bond donors (Lipinski definition) is 6. The van der Waals surface area contributed by atoms with E-state index in [-0.39, 0.29) is 33.8 Å². The molecular weight excluding hydrogens is 1760 g/mol. The van der Waals surface area contributed by atoms with Gasteiger partial charge in [0, 0.05) is 254 Å². The summed E-state index contributed by atoms with van der Waals surface area (Å²) in [5.41, 5.74) is 27.7. The number of H-pyrrole nitrogens is 1. The van der Waals surface area contributed by atoms with Crippen molar-refractivity contribution in [1.82, 2.24) is 91.9 Å². The van der Waals surface area contributed by atoms with E-state index < -0.39 is 0 Å². The molecule has 0 spiro atoms. The number of nitrogens with two attached hydrogens (primary N) is 1.